The van der Waals surface area contributed by atoms with Crippen LogP contribution in [-0.2, 0) is 4.79 Å². The van der Waals surface area contributed by atoms with Gasteiger partial charge in [0.15, 0.2) is 11.5 Å². The van der Waals surface area contributed by atoms with E-state index in [1.165, 1.54) is 11.3 Å². The van der Waals surface area contributed by atoms with Crippen molar-refractivity contribution in [1.29, 1.82) is 0 Å². The maximum Gasteiger partial charge on any atom is 0.277 e. The fourth-order valence-electron chi connectivity index (χ4n) is 4.76. The van der Waals surface area contributed by atoms with Crippen molar-refractivity contribution in [2.24, 2.45) is 0 Å². The lowest BCUT2D eigenvalue weighted by atomic mass is 9.94. The first-order valence-corrected chi connectivity index (χ1v) is 12.2. The second-order valence-corrected chi connectivity index (χ2v) is 8.87. The molecular weight excluding hydrogens is 442 g/mol. The molecule has 7 heteroatoms. The lowest BCUT2D eigenvalue weighted by Gasteiger charge is -2.33. The number of nitrogens with zero attached hydrogens (tertiary/aromatic N) is 2. The van der Waals surface area contributed by atoms with E-state index in [1.807, 2.05) is 30.3 Å². The molecule has 2 aliphatic rings. The normalized spacial score (nSPS) is 16.2. The van der Waals surface area contributed by atoms with E-state index in [2.05, 4.69) is 10.3 Å². The predicted octanol–water partition coefficient (Wildman–Crippen LogP) is 4.69. The molecule has 3 aromatic rings. The Hall–Kier alpha value is -3.87. The molecule has 1 aromatic heterocycles. The highest BCUT2D eigenvalue weighted by atomic mass is 16.6. The summed E-state index contributed by atoms with van der Waals surface area (Å²) >= 11 is 0. The number of amides is 2. The number of benzene rings is 2. The van der Waals surface area contributed by atoms with Crippen LogP contribution in [0.1, 0.15) is 54.2 Å². The Morgan fingerprint density at radius 2 is 1.63 bits per heavy atom. The van der Waals surface area contributed by atoms with Gasteiger partial charge in [0.2, 0.25) is 5.91 Å². The summed E-state index contributed by atoms with van der Waals surface area (Å²) < 4.78 is 11.5. The third-order valence-corrected chi connectivity index (χ3v) is 6.48. The Morgan fingerprint density at radius 1 is 0.886 bits per heavy atom. The number of nitrogens with one attached hydrogen (secondary N) is 1. The van der Waals surface area contributed by atoms with Gasteiger partial charge in [0.05, 0.1) is 0 Å². The summed E-state index contributed by atoms with van der Waals surface area (Å²) in [6.45, 7) is 0.897. The zero-order valence-electron chi connectivity index (χ0n) is 19.6. The molecule has 180 valence electrons. The number of carbonyl (C=O) groups excluding carboxylic acids is 2. The molecule has 1 N–H and O–H groups in total. The Bertz CT molecular complexity index is 1160. The van der Waals surface area contributed by atoms with Gasteiger partial charge in [-0.1, -0.05) is 55.7 Å². The van der Waals surface area contributed by atoms with Crippen LogP contribution in [0.2, 0.25) is 0 Å². The molecule has 0 bridgehead atoms. The van der Waals surface area contributed by atoms with Crippen LogP contribution >= 0.6 is 0 Å². The van der Waals surface area contributed by atoms with Gasteiger partial charge in [0.1, 0.15) is 24.9 Å². The summed E-state index contributed by atoms with van der Waals surface area (Å²) in [6.07, 6.45) is 6.86. The van der Waals surface area contributed by atoms with Crippen molar-refractivity contribution < 1.29 is 19.1 Å². The summed E-state index contributed by atoms with van der Waals surface area (Å²) in [5.74, 6) is 0.595. The number of ether oxygens (including phenoxy) is 2. The molecule has 0 unspecified atom stereocenters. The molecule has 35 heavy (non-hydrogen) atoms. The summed E-state index contributed by atoms with van der Waals surface area (Å²) in [5.41, 5.74) is 1.52. The summed E-state index contributed by atoms with van der Waals surface area (Å²) in [7, 11) is 0. The van der Waals surface area contributed by atoms with E-state index in [4.69, 9.17) is 9.47 Å². The average Bonchev–Trinajstić information content (AvgIpc) is 2.92. The molecular formula is C28H29N3O4. The van der Waals surface area contributed by atoms with Gasteiger partial charge in [0.25, 0.3) is 5.91 Å². The van der Waals surface area contributed by atoms with E-state index < -0.39 is 6.04 Å². The summed E-state index contributed by atoms with van der Waals surface area (Å²) in [4.78, 5) is 33.6. The average molecular weight is 472 g/mol. The van der Waals surface area contributed by atoms with Gasteiger partial charge in [-0.15, -0.1) is 0 Å². The van der Waals surface area contributed by atoms with Crippen molar-refractivity contribution in [2.45, 2.75) is 44.2 Å². The van der Waals surface area contributed by atoms with Gasteiger partial charge < -0.3 is 14.8 Å². The third-order valence-electron chi connectivity index (χ3n) is 6.48. The number of pyridine rings is 1. The van der Waals surface area contributed by atoms with Crippen molar-refractivity contribution in [3.05, 3.63) is 84.2 Å². The maximum absolute atomic E-state index is 13.9. The van der Waals surface area contributed by atoms with Crippen LogP contribution in [0.4, 0.5) is 5.69 Å². The van der Waals surface area contributed by atoms with E-state index in [0.29, 0.717) is 30.4 Å². The van der Waals surface area contributed by atoms with Crippen molar-refractivity contribution in [2.75, 3.05) is 18.1 Å². The SMILES string of the molecule is O=C(NC1CCCCC1)[C@H](c1ccccc1)N(C(=O)c1ccccn1)c1ccc2c(c1)OCCO2. The van der Waals surface area contributed by atoms with Gasteiger partial charge in [-0.2, -0.15) is 0 Å². The van der Waals surface area contributed by atoms with E-state index in [0.717, 1.165) is 31.2 Å². The first kappa shape index (κ1) is 22.9. The van der Waals surface area contributed by atoms with E-state index in [9.17, 15) is 9.59 Å². The second-order valence-electron chi connectivity index (χ2n) is 8.87. The minimum atomic E-state index is -0.879. The molecule has 1 fully saturated rings. The number of rotatable bonds is 6. The number of hydrogen-bond acceptors (Lipinski definition) is 5. The highest BCUT2D eigenvalue weighted by Gasteiger charge is 2.35. The Kier molecular flexibility index (Phi) is 6.93. The highest BCUT2D eigenvalue weighted by Crippen LogP contribution is 2.37. The van der Waals surface area contributed by atoms with Gasteiger partial charge in [-0.3, -0.25) is 19.5 Å². The zero-order valence-corrected chi connectivity index (χ0v) is 19.6. The maximum atomic E-state index is 13.9. The van der Waals surface area contributed by atoms with Crippen LogP contribution in [-0.4, -0.2) is 36.1 Å². The molecule has 1 aliphatic carbocycles. The monoisotopic (exact) mass is 471 g/mol. The van der Waals surface area contributed by atoms with Crippen LogP contribution in [0.25, 0.3) is 0 Å². The van der Waals surface area contributed by atoms with Crippen molar-refractivity contribution in [3.8, 4) is 11.5 Å². The Morgan fingerprint density at radius 3 is 2.37 bits per heavy atom. The van der Waals surface area contributed by atoms with Crippen LogP contribution in [0.3, 0.4) is 0 Å². The predicted molar refractivity (Wildman–Crippen MR) is 133 cm³/mol. The third kappa shape index (κ3) is 5.14. The molecule has 2 heterocycles. The van der Waals surface area contributed by atoms with E-state index in [-0.39, 0.29) is 23.6 Å². The molecule has 1 atom stereocenters. The molecule has 0 spiro atoms. The summed E-state index contributed by atoms with van der Waals surface area (Å²) in [6, 6.07) is 19.2. The van der Waals surface area contributed by atoms with Gasteiger partial charge in [-0.25, -0.2) is 0 Å². The second kappa shape index (κ2) is 10.6. The van der Waals surface area contributed by atoms with Crippen LogP contribution in [0.15, 0.2) is 72.9 Å². The van der Waals surface area contributed by atoms with Gasteiger partial charge in [-0.05, 0) is 42.7 Å². The highest BCUT2D eigenvalue weighted by molar-refractivity contribution is 6.09. The number of hydrogen-bond donors (Lipinski definition) is 1. The lowest BCUT2D eigenvalue weighted by Crippen LogP contribution is -2.47. The summed E-state index contributed by atoms with van der Waals surface area (Å²) in [5, 5.41) is 3.23. The lowest BCUT2D eigenvalue weighted by molar-refractivity contribution is -0.123. The smallest absolute Gasteiger partial charge is 0.277 e. The topological polar surface area (TPSA) is 80.8 Å². The number of carbonyl (C=O) groups is 2. The molecule has 0 radical (unpaired) electrons. The standard InChI is InChI=1S/C28H29N3O4/c32-27(30-21-11-5-2-6-12-21)26(20-9-3-1-4-10-20)31(28(33)23-13-7-8-16-29-23)22-14-15-24-25(19-22)35-18-17-34-24/h1,3-4,7-10,13-16,19,21,26H,2,5-6,11-12,17-18H2,(H,30,32)/t26-/m0/s1. The Labute approximate surface area is 205 Å². The fraction of sp³-hybridized carbons (Fsp3) is 0.321. The fourth-order valence-corrected chi connectivity index (χ4v) is 4.76. The van der Waals surface area contributed by atoms with Gasteiger partial charge >= 0.3 is 0 Å². The molecule has 2 amide bonds. The van der Waals surface area contributed by atoms with Gasteiger partial charge in [0, 0.05) is 24.0 Å². The van der Waals surface area contributed by atoms with Crippen LogP contribution in [0.5, 0.6) is 11.5 Å². The molecule has 2 aromatic carbocycles. The minimum absolute atomic E-state index is 0.106. The molecule has 7 nitrogen and oxygen atoms in total. The molecule has 5 rings (SSSR count). The number of aromatic nitrogens is 1. The minimum Gasteiger partial charge on any atom is -0.486 e. The first-order valence-electron chi connectivity index (χ1n) is 12.2. The number of anilines is 1. The molecule has 1 saturated carbocycles. The van der Waals surface area contributed by atoms with E-state index >= 15 is 0 Å². The van der Waals surface area contributed by atoms with Crippen molar-refractivity contribution in [3.63, 3.8) is 0 Å². The van der Waals surface area contributed by atoms with Crippen molar-refractivity contribution in [1.82, 2.24) is 10.3 Å². The molecule has 0 saturated heterocycles. The van der Waals surface area contributed by atoms with E-state index in [1.54, 1.807) is 42.6 Å². The van der Waals surface area contributed by atoms with Crippen LogP contribution < -0.4 is 19.7 Å². The largest absolute Gasteiger partial charge is 0.486 e. The first-order chi connectivity index (χ1) is 17.2. The number of fused-ring (bicyclic) bond motifs is 1. The van der Waals surface area contributed by atoms with Crippen LogP contribution in [0, 0.1) is 0 Å². The quantitative estimate of drug-likeness (QED) is 0.564. The molecule has 1 aliphatic heterocycles. The zero-order chi connectivity index (χ0) is 24.0. The van der Waals surface area contributed by atoms with Crippen molar-refractivity contribution >= 4 is 17.5 Å². The Balaban J connectivity index is 1.59.